The van der Waals surface area contributed by atoms with E-state index in [0.717, 1.165) is 0 Å². The molecule has 0 aliphatic heterocycles. The van der Waals surface area contributed by atoms with Gasteiger partial charge in [0, 0.05) is 11.2 Å². The summed E-state index contributed by atoms with van der Waals surface area (Å²) in [5.41, 5.74) is 1.47. The molecule has 31 heavy (non-hydrogen) atoms. The van der Waals surface area contributed by atoms with E-state index in [1.165, 1.54) is 12.1 Å². The van der Waals surface area contributed by atoms with Crippen LogP contribution in [-0.2, 0) is 14.3 Å². The van der Waals surface area contributed by atoms with Crippen molar-refractivity contribution in [3.05, 3.63) is 47.0 Å². The lowest BCUT2D eigenvalue weighted by Crippen LogP contribution is -2.40. The molecule has 8 heteroatoms. The Labute approximate surface area is 181 Å². The van der Waals surface area contributed by atoms with Gasteiger partial charge in [-0.1, -0.05) is 0 Å². The van der Waals surface area contributed by atoms with E-state index in [2.05, 4.69) is 15.4 Å². The molecule has 0 aliphatic carbocycles. The number of hydrogen-bond donors (Lipinski definition) is 3. The predicted molar refractivity (Wildman–Crippen MR) is 117 cm³/mol. The van der Waals surface area contributed by atoms with E-state index in [4.69, 9.17) is 4.74 Å². The van der Waals surface area contributed by atoms with Crippen molar-refractivity contribution in [2.24, 2.45) is 0 Å². The molecule has 0 atom stereocenters. The second-order valence-electron chi connectivity index (χ2n) is 8.10. The average molecular weight is 428 g/mol. The van der Waals surface area contributed by atoms with Crippen molar-refractivity contribution in [3.8, 4) is 17.2 Å². The molecule has 8 nitrogen and oxygen atoms in total. The SMILES string of the molecule is CCOC(=O)C(=O)Nc1cc(C)c(Oc2ccc(O)c(C(=O)NC(C)(C)C)c2)c(C)c1. The molecule has 0 aromatic heterocycles. The maximum absolute atomic E-state index is 12.5. The smallest absolute Gasteiger partial charge is 0.397 e. The molecule has 2 aromatic rings. The van der Waals surface area contributed by atoms with Crippen LogP contribution in [0.25, 0.3) is 0 Å². The lowest BCUT2D eigenvalue weighted by molar-refractivity contribution is -0.152. The van der Waals surface area contributed by atoms with Crippen LogP contribution in [0.3, 0.4) is 0 Å². The summed E-state index contributed by atoms with van der Waals surface area (Å²) in [6.45, 7) is 10.8. The summed E-state index contributed by atoms with van der Waals surface area (Å²) < 4.78 is 10.6. The van der Waals surface area contributed by atoms with Gasteiger partial charge in [0.05, 0.1) is 12.2 Å². The van der Waals surface area contributed by atoms with Gasteiger partial charge in [0.15, 0.2) is 0 Å². The highest BCUT2D eigenvalue weighted by molar-refractivity contribution is 6.37. The molecule has 2 aromatic carbocycles. The number of aromatic hydroxyl groups is 1. The molecular weight excluding hydrogens is 400 g/mol. The van der Waals surface area contributed by atoms with E-state index in [1.54, 1.807) is 39.0 Å². The third kappa shape index (κ3) is 6.47. The number of phenolic OH excluding ortho intramolecular Hbond substituents is 1. The van der Waals surface area contributed by atoms with Gasteiger partial charge in [0.2, 0.25) is 0 Å². The number of ether oxygens (including phenoxy) is 2. The fourth-order valence-electron chi connectivity index (χ4n) is 2.85. The molecule has 0 unspecified atom stereocenters. The molecule has 0 saturated heterocycles. The second kappa shape index (κ2) is 9.51. The highest BCUT2D eigenvalue weighted by Gasteiger charge is 2.20. The Morgan fingerprint density at radius 2 is 1.65 bits per heavy atom. The van der Waals surface area contributed by atoms with Gasteiger partial charge in [0.25, 0.3) is 5.91 Å². The lowest BCUT2D eigenvalue weighted by Gasteiger charge is -2.21. The molecule has 0 saturated carbocycles. The molecule has 2 rings (SSSR count). The van der Waals surface area contributed by atoms with E-state index < -0.39 is 23.3 Å². The van der Waals surface area contributed by atoms with Crippen LogP contribution < -0.4 is 15.4 Å². The summed E-state index contributed by atoms with van der Waals surface area (Å²) in [6.07, 6.45) is 0. The second-order valence-corrected chi connectivity index (χ2v) is 8.10. The van der Waals surface area contributed by atoms with Crippen LogP contribution in [0, 0.1) is 13.8 Å². The van der Waals surface area contributed by atoms with Crippen molar-refractivity contribution < 1.29 is 29.0 Å². The van der Waals surface area contributed by atoms with Gasteiger partial charge in [-0.3, -0.25) is 9.59 Å². The summed E-state index contributed by atoms with van der Waals surface area (Å²) in [5.74, 6) is -1.49. The highest BCUT2D eigenvalue weighted by Crippen LogP contribution is 2.33. The zero-order chi connectivity index (χ0) is 23.3. The number of carbonyl (C=O) groups excluding carboxylic acids is 3. The molecular formula is C23H28N2O6. The van der Waals surface area contributed by atoms with Gasteiger partial charge in [-0.25, -0.2) is 4.79 Å². The molecule has 0 bridgehead atoms. The summed E-state index contributed by atoms with van der Waals surface area (Å²) in [7, 11) is 0. The molecule has 0 spiro atoms. The Kier molecular flexibility index (Phi) is 7.28. The molecule has 0 fully saturated rings. The minimum Gasteiger partial charge on any atom is -0.507 e. The molecule has 3 N–H and O–H groups in total. The number of benzene rings is 2. The van der Waals surface area contributed by atoms with Crippen molar-refractivity contribution in [1.29, 1.82) is 0 Å². The zero-order valence-electron chi connectivity index (χ0n) is 18.6. The summed E-state index contributed by atoms with van der Waals surface area (Å²) in [5, 5.41) is 15.4. The number of anilines is 1. The van der Waals surface area contributed by atoms with E-state index >= 15 is 0 Å². The van der Waals surface area contributed by atoms with Crippen LogP contribution in [0.1, 0.15) is 49.2 Å². The molecule has 0 aliphatic rings. The third-order valence-corrected chi connectivity index (χ3v) is 4.10. The Hall–Kier alpha value is -3.55. The summed E-state index contributed by atoms with van der Waals surface area (Å²) in [6, 6.07) is 7.73. The van der Waals surface area contributed by atoms with Gasteiger partial charge >= 0.3 is 11.9 Å². The Morgan fingerprint density at radius 3 is 2.19 bits per heavy atom. The number of esters is 1. The van der Waals surface area contributed by atoms with Crippen molar-refractivity contribution in [1.82, 2.24) is 5.32 Å². The van der Waals surface area contributed by atoms with Crippen LogP contribution in [0.15, 0.2) is 30.3 Å². The number of aryl methyl sites for hydroxylation is 2. The van der Waals surface area contributed by atoms with Crippen molar-refractivity contribution in [2.45, 2.75) is 47.1 Å². The topological polar surface area (TPSA) is 114 Å². The van der Waals surface area contributed by atoms with Gasteiger partial charge in [-0.05, 0) is 83.0 Å². The van der Waals surface area contributed by atoms with Gasteiger partial charge in [-0.2, -0.15) is 0 Å². The number of hydrogen-bond acceptors (Lipinski definition) is 6. The Balaban J connectivity index is 2.25. The predicted octanol–water partition coefficient (Wildman–Crippen LogP) is 3.83. The highest BCUT2D eigenvalue weighted by atomic mass is 16.5. The maximum Gasteiger partial charge on any atom is 0.397 e. The first-order valence-electron chi connectivity index (χ1n) is 9.84. The normalized spacial score (nSPS) is 10.9. The van der Waals surface area contributed by atoms with Crippen LogP contribution in [-0.4, -0.2) is 35.0 Å². The van der Waals surface area contributed by atoms with E-state index in [1.807, 2.05) is 20.8 Å². The quantitative estimate of drug-likeness (QED) is 0.493. The van der Waals surface area contributed by atoms with Gasteiger partial charge in [-0.15, -0.1) is 0 Å². The standard InChI is InChI=1S/C23H28N2O6/c1-7-30-22(29)21(28)24-15-10-13(2)19(14(3)11-15)31-16-8-9-18(26)17(12-16)20(27)25-23(4,5)6/h8-12,26H,7H2,1-6H3,(H,24,28)(H,25,27). The van der Waals surface area contributed by atoms with Crippen LogP contribution >= 0.6 is 0 Å². The average Bonchev–Trinajstić information content (AvgIpc) is 2.64. The van der Waals surface area contributed by atoms with Crippen LogP contribution in [0.2, 0.25) is 0 Å². The molecule has 0 heterocycles. The maximum atomic E-state index is 12.5. The fraction of sp³-hybridized carbons (Fsp3) is 0.348. The summed E-state index contributed by atoms with van der Waals surface area (Å²) in [4.78, 5) is 35.8. The minimum absolute atomic E-state index is 0.0982. The van der Waals surface area contributed by atoms with Gasteiger partial charge in [0.1, 0.15) is 17.2 Å². The largest absolute Gasteiger partial charge is 0.507 e. The Morgan fingerprint density at radius 1 is 1.03 bits per heavy atom. The first-order chi connectivity index (χ1) is 14.4. The number of phenols is 1. The van der Waals surface area contributed by atoms with E-state index in [-0.39, 0.29) is 17.9 Å². The molecule has 0 radical (unpaired) electrons. The number of nitrogens with one attached hydrogen (secondary N) is 2. The number of amides is 2. The third-order valence-electron chi connectivity index (χ3n) is 4.10. The molecule has 166 valence electrons. The summed E-state index contributed by atoms with van der Waals surface area (Å²) >= 11 is 0. The van der Waals surface area contributed by atoms with Crippen molar-refractivity contribution in [2.75, 3.05) is 11.9 Å². The lowest BCUT2D eigenvalue weighted by atomic mass is 10.1. The fourth-order valence-corrected chi connectivity index (χ4v) is 2.85. The first-order valence-corrected chi connectivity index (χ1v) is 9.84. The van der Waals surface area contributed by atoms with Crippen molar-refractivity contribution >= 4 is 23.5 Å². The van der Waals surface area contributed by atoms with Crippen LogP contribution in [0.4, 0.5) is 5.69 Å². The van der Waals surface area contributed by atoms with E-state index in [0.29, 0.717) is 28.3 Å². The Bertz CT molecular complexity index is 985. The zero-order valence-corrected chi connectivity index (χ0v) is 18.6. The number of carbonyl (C=O) groups is 3. The first kappa shape index (κ1) is 23.7. The van der Waals surface area contributed by atoms with Gasteiger partial charge < -0.3 is 25.2 Å². The minimum atomic E-state index is -0.955. The van der Waals surface area contributed by atoms with E-state index in [9.17, 15) is 19.5 Å². The number of rotatable bonds is 5. The van der Waals surface area contributed by atoms with Crippen LogP contribution in [0.5, 0.6) is 17.2 Å². The van der Waals surface area contributed by atoms with Crippen molar-refractivity contribution in [3.63, 3.8) is 0 Å². The monoisotopic (exact) mass is 428 g/mol. The molecule has 2 amide bonds.